The lowest BCUT2D eigenvalue weighted by Crippen LogP contribution is -2.37. The number of rotatable bonds is 4. The second-order valence-corrected chi connectivity index (χ2v) is 4.93. The largest absolute Gasteiger partial charge is 0.356 e. The third-order valence-electron chi connectivity index (χ3n) is 3.57. The molecule has 0 bridgehead atoms. The summed E-state index contributed by atoms with van der Waals surface area (Å²) in [6.45, 7) is 0.424. The Kier molecular flexibility index (Phi) is 4.17. The zero-order valence-corrected chi connectivity index (χ0v) is 10.3. The predicted molar refractivity (Wildman–Crippen MR) is 64.7 cm³/mol. The topological polar surface area (TPSA) is 87.3 Å². The zero-order valence-electron chi connectivity index (χ0n) is 10.3. The van der Waals surface area contributed by atoms with E-state index in [1.54, 1.807) is 0 Å². The van der Waals surface area contributed by atoms with E-state index in [0.29, 0.717) is 13.0 Å². The minimum Gasteiger partial charge on any atom is -0.356 e. The molecule has 2 fully saturated rings. The summed E-state index contributed by atoms with van der Waals surface area (Å²) in [7, 11) is 0. The van der Waals surface area contributed by atoms with E-state index in [0.717, 1.165) is 25.7 Å². The first kappa shape index (κ1) is 12.9. The van der Waals surface area contributed by atoms with Crippen molar-refractivity contribution < 1.29 is 14.4 Å². The highest BCUT2D eigenvalue weighted by Gasteiger charge is 2.29. The second kappa shape index (κ2) is 5.84. The quantitative estimate of drug-likeness (QED) is 0.629. The van der Waals surface area contributed by atoms with Gasteiger partial charge in [0, 0.05) is 12.5 Å². The van der Waals surface area contributed by atoms with Crippen molar-refractivity contribution in [2.45, 2.75) is 44.6 Å². The molecule has 18 heavy (non-hydrogen) atoms. The summed E-state index contributed by atoms with van der Waals surface area (Å²) >= 11 is 0. The fourth-order valence-electron chi connectivity index (χ4n) is 2.51. The summed E-state index contributed by atoms with van der Waals surface area (Å²) in [6.07, 6.45) is 5.84. The molecule has 6 heteroatoms. The normalized spacial score (nSPS) is 24.6. The summed E-state index contributed by atoms with van der Waals surface area (Å²) in [6, 6.07) is -0.965. The Morgan fingerprint density at radius 2 is 1.94 bits per heavy atom. The van der Waals surface area contributed by atoms with Gasteiger partial charge < -0.3 is 10.6 Å². The number of hydrogen-bond acceptors (Lipinski definition) is 3. The maximum absolute atomic E-state index is 11.8. The van der Waals surface area contributed by atoms with Gasteiger partial charge in [0.15, 0.2) is 0 Å². The number of hydrogen-bond donors (Lipinski definition) is 3. The van der Waals surface area contributed by atoms with Crippen molar-refractivity contribution in [3.8, 4) is 0 Å². The first-order valence-electron chi connectivity index (χ1n) is 6.56. The number of carbonyl (C=O) groups is 3. The minimum absolute atomic E-state index is 0.0828. The van der Waals surface area contributed by atoms with Crippen molar-refractivity contribution in [1.29, 1.82) is 0 Å². The van der Waals surface area contributed by atoms with E-state index >= 15 is 0 Å². The van der Waals surface area contributed by atoms with Gasteiger partial charge in [-0.15, -0.1) is 0 Å². The molecule has 1 aliphatic carbocycles. The summed E-state index contributed by atoms with van der Waals surface area (Å²) in [5, 5.41) is 7.52. The molecule has 0 aromatic carbocycles. The zero-order chi connectivity index (χ0) is 13.0. The number of carbonyl (C=O) groups excluding carboxylic acids is 3. The summed E-state index contributed by atoms with van der Waals surface area (Å²) in [5.74, 6) is -0.0999. The molecule has 0 radical (unpaired) electrons. The van der Waals surface area contributed by atoms with Crippen LogP contribution in [0.15, 0.2) is 0 Å². The van der Waals surface area contributed by atoms with E-state index in [1.807, 2.05) is 0 Å². The summed E-state index contributed by atoms with van der Waals surface area (Å²) in [4.78, 5) is 34.0. The molecule has 1 atom stereocenters. The van der Waals surface area contributed by atoms with Crippen LogP contribution < -0.4 is 16.0 Å². The molecular weight excluding hydrogens is 234 g/mol. The fourth-order valence-corrected chi connectivity index (χ4v) is 2.51. The highest BCUT2D eigenvalue weighted by molar-refractivity contribution is 6.04. The van der Waals surface area contributed by atoms with Crippen LogP contribution in [0.5, 0.6) is 0 Å². The van der Waals surface area contributed by atoms with Gasteiger partial charge in [-0.05, 0) is 19.3 Å². The van der Waals surface area contributed by atoms with Gasteiger partial charge in [0.1, 0.15) is 6.04 Å². The van der Waals surface area contributed by atoms with E-state index in [-0.39, 0.29) is 17.7 Å². The molecule has 3 N–H and O–H groups in total. The first-order chi connectivity index (χ1) is 8.66. The Hall–Kier alpha value is -1.59. The van der Waals surface area contributed by atoms with Crippen molar-refractivity contribution in [1.82, 2.24) is 16.0 Å². The molecular formula is C12H19N3O3. The third-order valence-corrected chi connectivity index (χ3v) is 3.57. The molecule has 0 aromatic heterocycles. The fraction of sp³-hybridized carbons (Fsp3) is 0.750. The van der Waals surface area contributed by atoms with E-state index in [4.69, 9.17) is 0 Å². The van der Waals surface area contributed by atoms with Crippen LogP contribution in [0.2, 0.25) is 0 Å². The van der Waals surface area contributed by atoms with Gasteiger partial charge in [-0.25, -0.2) is 4.79 Å². The highest BCUT2D eigenvalue weighted by Crippen LogP contribution is 2.23. The molecule has 0 aromatic rings. The second-order valence-electron chi connectivity index (χ2n) is 4.93. The molecule has 6 nitrogen and oxygen atoms in total. The lowest BCUT2D eigenvalue weighted by atomic mass is 9.88. The van der Waals surface area contributed by atoms with Crippen molar-refractivity contribution in [3.63, 3.8) is 0 Å². The van der Waals surface area contributed by atoms with Crippen molar-refractivity contribution >= 4 is 17.8 Å². The minimum atomic E-state index is -0.510. The highest BCUT2D eigenvalue weighted by atomic mass is 16.2. The van der Waals surface area contributed by atoms with Gasteiger partial charge in [-0.3, -0.25) is 14.9 Å². The molecule has 1 saturated heterocycles. The van der Waals surface area contributed by atoms with Gasteiger partial charge in [0.05, 0.1) is 0 Å². The molecule has 1 aliphatic heterocycles. The molecule has 4 amide bonds. The van der Waals surface area contributed by atoms with Crippen LogP contribution in [0.1, 0.15) is 38.5 Å². The average Bonchev–Trinajstić information content (AvgIpc) is 2.69. The maximum Gasteiger partial charge on any atom is 0.322 e. The predicted octanol–water partition coefficient (Wildman–Crippen LogP) is 0.281. The Morgan fingerprint density at radius 1 is 1.22 bits per heavy atom. The van der Waals surface area contributed by atoms with E-state index < -0.39 is 12.1 Å². The van der Waals surface area contributed by atoms with Crippen LogP contribution in [0.4, 0.5) is 4.79 Å². The summed E-state index contributed by atoms with van der Waals surface area (Å²) < 4.78 is 0. The van der Waals surface area contributed by atoms with Gasteiger partial charge in [-0.2, -0.15) is 0 Å². The number of nitrogens with one attached hydrogen (secondary N) is 3. The Balaban J connectivity index is 1.67. The maximum atomic E-state index is 11.8. The number of urea groups is 1. The SMILES string of the molecule is O=C1NC(=O)C(CCNC(=O)C2CCCCC2)N1. The smallest absolute Gasteiger partial charge is 0.322 e. The van der Waals surface area contributed by atoms with Gasteiger partial charge >= 0.3 is 6.03 Å². The monoisotopic (exact) mass is 253 g/mol. The van der Waals surface area contributed by atoms with Gasteiger partial charge in [-0.1, -0.05) is 19.3 Å². The van der Waals surface area contributed by atoms with Crippen molar-refractivity contribution in [2.24, 2.45) is 5.92 Å². The Bertz CT molecular complexity index is 350. The van der Waals surface area contributed by atoms with Crippen LogP contribution >= 0.6 is 0 Å². The molecule has 1 heterocycles. The van der Waals surface area contributed by atoms with E-state index in [9.17, 15) is 14.4 Å². The Morgan fingerprint density at radius 3 is 2.56 bits per heavy atom. The van der Waals surface area contributed by atoms with Gasteiger partial charge in [0.2, 0.25) is 5.91 Å². The average molecular weight is 253 g/mol. The summed E-state index contributed by atoms with van der Waals surface area (Å²) in [5.41, 5.74) is 0. The molecule has 2 rings (SSSR count). The number of amides is 4. The van der Waals surface area contributed by atoms with Crippen LogP contribution in [0.3, 0.4) is 0 Å². The molecule has 1 unspecified atom stereocenters. The van der Waals surface area contributed by atoms with Crippen molar-refractivity contribution in [3.05, 3.63) is 0 Å². The third kappa shape index (κ3) is 3.21. The molecule has 0 spiro atoms. The lowest BCUT2D eigenvalue weighted by Gasteiger charge is -2.20. The van der Waals surface area contributed by atoms with Crippen molar-refractivity contribution in [2.75, 3.05) is 6.54 Å². The van der Waals surface area contributed by atoms with Crippen LogP contribution in [0.25, 0.3) is 0 Å². The van der Waals surface area contributed by atoms with E-state index in [1.165, 1.54) is 6.42 Å². The molecule has 2 aliphatic rings. The van der Waals surface area contributed by atoms with Crippen LogP contribution in [-0.2, 0) is 9.59 Å². The first-order valence-corrected chi connectivity index (χ1v) is 6.56. The number of imide groups is 1. The lowest BCUT2D eigenvalue weighted by molar-refractivity contribution is -0.126. The molecule has 100 valence electrons. The Labute approximate surface area is 106 Å². The van der Waals surface area contributed by atoms with Crippen LogP contribution in [-0.4, -0.2) is 30.4 Å². The standard InChI is InChI=1S/C12H19N3O3/c16-10(8-4-2-1-3-5-8)13-7-6-9-11(17)15-12(18)14-9/h8-9H,1-7H2,(H,13,16)(H2,14,15,17,18). The molecule has 1 saturated carbocycles. The van der Waals surface area contributed by atoms with Crippen LogP contribution in [0, 0.1) is 5.92 Å². The van der Waals surface area contributed by atoms with Gasteiger partial charge in [0.25, 0.3) is 5.91 Å². The van der Waals surface area contributed by atoms with E-state index in [2.05, 4.69) is 16.0 Å².